The summed E-state index contributed by atoms with van der Waals surface area (Å²) in [5.41, 5.74) is 10.2. The van der Waals surface area contributed by atoms with Crippen LogP contribution < -0.4 is 5.73 Å². The van der Waals surface area contributed by atoms with E-state index < -0.39 is 0 Å². The highest BCUT2D eigenvalue weighted by Crippen LogP contribution is 2.69. The van der Waals surface area contributed by atoms with Gasteiger partial charge in [0.15, 0.2) is 0 Å². The Morgan fingerprint density at radius 3 is 2.59 bits per heavy atom. The standard InChI is InChI=1S/C29H47NO2/c1-19(18-31)8-7-9-20(2)21-12-16-28(6)23-10-11-24-26(3,4)25(32)14-15-27(24,5)22(23)13-17-29(21,28)30/h8,10,18,20-22,24-25,32H,7,9,11-17,30H2,1-6H3/b19-8-/t20?,21-,22?,24?,25?,27+,28+,29+/m0/s1. The molecule has 4 rings (SSSR count). The van der Waals surface area contributed by atoms with E-state index in [9.17, 15) is 9.90 Å². The highest BCUT2D eigenvalue weighted by molar-refractivity contribution is 5.71. The third kappa shape index (κ3) is 3.32. The van der Waals surface area contributed by atoms with Crippen LogP contribution >= 0.6 is 0 Å². The summed E-state index contributed by atoms with van der Waals surface area (Å²) in [6.45, 7) is 13.9. The lowest BCUT2D eigenvalue weighted by Gasteiger charge is -2.64. The number of rotatable bonds is 5. The molecule has 3 nitrogen and oxygen atoms in total. The molecule has 0 aromatic carbocycles. The van der Waals surface area contributed by atoms with E-state index in [1.807, 2.05) is 6.92 Å². The Morgan fingerprint density at radius 2 is 1.91 bits per heavy atom. The number of hydrogen-bond acceptors (Lipinski definition) is 3. The minimum absolute atomic E-state index is 0.0208. The maximum atomic E-state index is 10.9. The number of nitrogens with two attached hydrogens (primary N) is 1. The van der Waals surface area contributed by atoms with Gasteiger partial charge in [-0.25, -0.2) is 0 Å². The van der Waals surface area contributed by atoms with E-state index in [2.05, 4.69) is 46.8 Å². The van der Waals surface area contributed by atoms with E-state index in [4.69, 9.17) is 5.73 Å². The van der Waals surface area contributed by atoms with Gasteiger partial charge in [0.1, 0.15) is 6.29 Å². The molecule has 32 heavy (non-hydrogen) atoms. The van der Waals surface area contributed by atoms with Gasteiger partial charge in [-0.3, -0.25) is 4.79 Å². The summed E-state index contributed by atoms with van der Waals surface area (Å²) in [6.07, 6.45) is 15.4. The fraction of sp³-hybridized carbons (Fsp3) is 0.828. The molecule has 0 bridgehead atoms. The largest absolute Gasteiger partial charge is 0.393 e. The fourth-order valence-electron chi connectivity index (χ4n) is 9.12. The zero-order chi connectivity index (χ0) is 23.5. The van der Waals surface area contributed by atoms with Crippen LogP contribution in [0.4, 0.5) is 0 Å². The first-order valence-corrected chi connectivity index (χ1v) is 13.2. The maximum Gasteiger partial charge on any atom is 0.145 e. The summed E-state index contributed by atoms with van der Waals surface area (Å²) < 4.78 is 0. The number of aliphatic hydroxyl groups is 1. The Labute approximate surface area is 196 Å². The number of hydrogen-bond donors (Lipinski definition) is 2. The second kappa shape index (κ2) is 8.08. The minimum Gasteiger partial charge on any atom is -0.393 e. The van der Waals surface area contributed by atoms with Crippen molar-refractivity contribution < 1.29 is 9.90 Å². The quantitative estimate of drug-likeness (QED) is 0.303. The highest BCUT2D eigenvalue weighted by atomic mass is 16.3. The molecule has 3 N–H and O–H groups in total. The summed E-state index contributed by atoms with van der Waals surface area (Å²) in [6, 6.07) is 0. The van der Waals surface area contributed by atoms with Crippen molar-refractivity contribution >= 4 is 6.29 Å². The van der Waals surface area contributed by atoms with Gasteiger partial charge >= 0.3 is 0 Å². The first kappa shape index (κ1) is 24.2. The molecule has 0 saturated heterocycles. The normalized spacial score (nSPS) is 46.5. The summed E-state index contributed by atoms with van der Waals surface area (Å²) >= 11 is 0. The van der Waals surface area contributed by atoms with Crippen molar-refractivity contribution in [2.24, 2.45) is 45.7 Å². The SMILES string of the molecule is C/C(C=O)=C/CCC(C)[C@@H]1CC[C@]2(C)C3=CCC4C(C)(C)C(O)CC[C@]4(C)C3CC[C@@]12N. The lowest BCUT2D eigenvalue weighted by Crippen LogP contribution is -2.63. The van der Waals surface area contributed by atoms with Crippen molar-refractivity contribution in [2.45, 2.75) is 111 Å². The lowest BCUT2D eigenvalue weighted by atomic mass is 9.42. The van der Waals surface area contributed by atoms with Crippen LogP contribution in [0.5, 0.6) is 0 Å². The van der Waals surface area contributed by atoms with Gasteiger partial charge in [0.25, 0.3) is 0 Å². The van der Waals surface area contributed by atoms with Crippen LogP contribution in [-0.4, -0.2) is 23.0 Å². The first-order valence-electron chi connectivity index (χ1n) is 13.2. The molecule has 3 saturated carbocycles. The predicted octanol–water partition coefficient (Wildman–Crippen LogP) is 6.21. The monoisotopic (exact) mass is 441 g/mol. The van der Waals surface area contributed by atoms with Crippen molar-refractivity contribution in [3.05, 3.63) is 23.3 Å². The Kier molecular flexibility index (Phi) is 6.11. The molecule has 0 aromatic heterocycles. The molecule has 4 aliphatic rings. The van der Waals surface area contributed by atoms with Crippen molar-refractivity contribution in [3.8, 4) is 0 Å². The van der Waals surface area contributed by atoms with Crippen molar-refractivity contribution in [3.63, 3.8) is 0 Å². The smallest absolute Gasteiger partial charge is 0.145 e. The molecular formula is C29H47NO2. The van der Waals surface area contributed by atoms with Crippen molar-refractivity contribution in [2.75, 3.05) is 0 Å². The second-order valence-electron chi connectivity index (χ2n) is 13.1. The van der Waals surface area contributed by atoms with E-state index in [-0.39, 0.29) is 27.9 Å². The highest BCUT2D eigenvalue weighted by Gasteiger charge is 2.65. The molecule has 0 spiro atoms. The van der Waals surface area contributed by atoms with Gasteiger partial charge in [-0.1, -0.05) is 52.3 Å². The fourth-order valence-corrected chi connectivity index (χ4v) is 9.12. The van der Waals surface area contributed by atoms with Gasteiger partial charge < -0.3 is 10.8 Å². The molecule has 0 amide bonds. The number of fused-ring (bicyclic) bond motifs is 5. The van der Waals surface area contributed by atoms with Crippen LogP contribution in [0.15, 0.2) is 23.3 Å². The zero-order valence-electron chi connectivity index (χ0n) is 21.4. The third-order valence-electron chi connectivity index (χ3n) is 11.3. The van der Waals surface area contributed by atoms with Gasteiger partial charge in [-0.2, -0.15) is 0 Å². The molecule has 3 fully saturated rings. The molecule has 0 aromatic rings. The van der Waals surface area contributed by atoms with Gasteiger partial charge in [0.2, 0.25) is 0 Å². The van der Waals surface area contributed by atoms with Crippen LogP contribution in [0.2, 0.25) is 0 Å². The molecule has 0 radical (unpaired) electrons. The first-order chi connectivity index (χ1) is 14.9. The molecule has 8 atom stereocenters. The topological polar surface area (TPSA) is 63.3 Å². The lowest BCUT2D eigenvalue weighted by molar-refractivity contribution is -0.126. The predicted molar refractivity (Wildman–Crippen MR) is 132 cm³/mol. The average molecular weight is 442 g/mol. The number of carbonyl (C=O) groups excluding carboxylic acids is 1. The van der Waals surface area contributed by atoms with E-state index in [0.717, 1.165) is 50.4 Å². The van der Waals surface area contributed by atoms with Crippen LogP contribution in [0.3, 0.4) is 0 Å². The van der Waals surface area contributed by atoms with Gasteiger partial charge in [0, 0.05) is 11.0 Å². The second-order valence-corrected chi connectivity index (χ2v) is 13.1. The van der Waals surface area contributed by atoms with E-state index in [1.165, 1.54) is 19.3 Å². The van der Waals surface area contributed by atoms with Crippen LogP contribution in [0.25, 0.3) is 0 Å². The van der Waals surface area contributed by atoms with E-state index in [0.29, 0.717) is 23.7 Å². The summed E-state index contributed by atoms with van der Waals surface area (Å²) in [7, 11) is 0. The van der Waals surface area contributed by atoms with Crippen LogP contribution in [-0.2, 0) is 4.79 Å². The average Bonchev–Trinajstić information content (AvgIpc) is 3.02. The number of carbonyl (C=O) groups is 1. The van der Waals surface area contributed by atoms with Crippen LogP contribution in [0.1, 0.15) is 99.3 Å². The Morgan fingerprint density at radius 1 is 1.19 bits per heavy atom. The molecule has 180 valence electrons. The van der Waals surface area contributed by atoms with Crippen LogP contribution in [0, 0.1) is 39.9 Å². The van der Waals surface area contributed by atoms with Gasteiger partial charge in [-0.05, 0) is 105 Å². The number of aldehydes is 1. The molecule has 0 heterocycles. The molecule has 4 aliphatic carbocycles. The van der Waals surface area contributed by atoms with E-state index >= 15 is 0 Å². The van der Waals surface area contributed by atoms with Crippen molar-refractivity contribution in [1.82, 2.24) is 0 Å². The molecule has 4 unspecified atom stereocenters. The Hall–Kier alpha value is -0.930. The Bertz CT molecular complexity index is 812. The third-order valence-corrected chi connectivity index (χ3v) is 11.3. The summed E-state index contributed by atoms with van der Waals surface area (Å²) in [5, 5.41) is 10.8. The van der Waals surface area contributed by atoms with E-state index in [1.54, 1.807) is 5.57 Å². The summed E-state index contributed by atoms with van der Waals surface area (Å²) in [4.78, 5) is 10.9. The summed E-state index contributed by atoms with van der Waals surface area (Å²) in [5.74, 6) is 2.28. The minimum atomic E-state index is -0.183. The van der Waals surface area contributed by atoms with Gasteiger partial charge in [0.05, 0.1) is 6.10 Å². The van der Waals surface area contributed by atoms with Crippen molar-refractivity contribution in [1.29, 1.82) is 0 Å². The Balaban J connectivity index is 1.60. The van der Waals surface area contributed by atoms with Gasteiger partial charge in [-0.15, -0.1) is 0 Å². The maximum absolute atomic E-state index is 10.9. The number of aliphatic hydroxyl groups excluding tert-OH is 1. The number of allylic oxidation sites excluding steroid dienone is 3. The molecule has 0 aliphatic heterocycles. The zero-order valence-corrected chi connectivity index (χ0v) is 21.4. The molecular weight excluding hydrogens is 394 g/mol. The molecule has 3 heteroatoms.